The van der Waals surface area contributed by atoms with Crippen LogP contribution in [0.2, 0.25) is 0 Å². The maximum absolute atomic E-state index is 13.1. The van der Waals surface area contributed by atoms with Gasteiger partial charge in [-0.2, -0.15) is 0 Å². The fourth-order valence-electron chi connectivity index (χ4n) is 1.81. The highest BCUT2D eigenvalue weighted by atomic mass is 32.2. The smallest absolute Gasteiger partial charge is 0.244 e. The Hall–Kier alpha value is -1.99. The van der Waals surface area contributed by atoms with Crippen LogP contribution in [0.15, 0.2) is 47.5 Å². The van der Waals surface area contributed by atoms with E-state index in [4.69, 9.17) is 0 Å². The van der Waals surface area contributed by atoms with Crippen LogP contribution in [-0.2, 0) is 16.6 Å². The van der Waals surface area contributed by atoms with E-state index in [2.05, 4.69) is 15.0 Å². The molecule has 0 aliphatic rings. The molecular weight excluding hydrogens is 293 g/mol. The van der Waals surface area contributed by atoms with Gasteiger partial charge in [0.2, 0.25) is 10.0 Å². The summed E-state index contributed by atoms with van der Waals surface area (Å²) < 4.78 is 40.1. The van der Waals surface area contributed by atoms with Crippen molar-refractivity contribution in [3.05, 3.63) is 54.0 Å². The maximum Gasteiger partial charge on any atom is 0.244 e. The topological polar surface area (TPSA) is 71.1 Å². The van der Waals surface area contributed by atoms with Crippen LogP contribution in [0, 0.1) is 5.82 Å². The summed E-state index contributed by atoms with van der Waals surface area (Å²) in [4.78, 5) is 4.09. The van der Waals surface area contributed by atoms with E-state index in [0.717, 1.165) is 0 Å². The molecular formula is C14H16FN3O2S. The number of hydrogen-bond donors (Lipinski definition) is 2. The largest absolute Gasteiger partial charge is 0.369 e. The van der Waals surface area contributed by atoms with Gasteiger partial charge in [0.05, 0.1) is 0 Å². The fraction of sp³-hybridized carbons (Fsp3) is 0.214. The van der Waals surface area contributed by atoms with E-state index in [1.807, 2.05) is 6.92 Å². The van der Waals surface area contributed by atoms with E-state index in [1.165, 1.54) is 30.5 Å². The Morgan fingerprint density at radius 2 is 2.05 bits per heavy atom. The number of rotatable bonds is 6. The predicted molar refractivity (Wildman–Crippen MR) is 78.8 cm³/mol. The highest BCUT2D eigenvalue weighted by Gasteiger charge is 2.18. The summed E-state index contributed by atoms with van der Waals surface area (Å²) in [5.41, 5.74) is 0.549. The molecule has 112 valence electrons. The number of anilines is 1. The van der Waals surface area contributed by atoms with Gasteiger partial charge < -0.3 is 5.32 Å². The minimum Gasteiger partial charge on any atom is -0.369 e. The zero-order valence-corrected chi connectivity index (χ0v) is 12.3. The first kappa shape index (κ1) is 15.4. The van der Waals surface area contributed by atoms with Crippen molar-refractivity contribution in [2.45, 2.75) is 18.4 Å². The summed E-state index contributed by atoms with van der Waals surface area (Å²) >= 11 is 0. The first-order chi connectivity index (χ1) is 10.0. The van der Waals surface area contributed by atoms with Gasteiger partial charge in [0.25, 0.3) is 0 Å². The summed E-state index contributed by atoms with van der Waals surface area (Å²) in [6.07, 6.45) is 1.52. The second-order valence-corrected chi connectivity index (χ2v) is 6.07. The van der Waals surface area contributed by atoms with Crippen LogP contribution >= 0.6 is 0 Å². The van der Waals surface area contributed by atoms with Crippen molar-refractivity contribution < 1.29 is 12.8 Å². The highest BCUT2D eigenvalue weighted by Crippen LogP contribution is 2.18. The molecule has 0 spiro atoms. The summed E-state index contributed by atoms with van der Waals surface area (Å²) in [6.45, 7) is 2.43. The number of pyridine rings is 1. The van der Waals surface area contributed by atoms with E-state index in [1.54, 1.807) is 12.1 Å². The van der Waals surface area contributed by atoms with Crippen molar-refractivity contribution in [2.75, 3.05) is 11.9 Å². The number of hydrogen-bond acceptors (Lipinski definition) is 4. The van der Waals surface area contributed by atoms with E-state index in [-0.39, 0.29) is 11.4 Å². The van der Waals surface area contributed by atoms with Crippen molar-refractivity contribution in [3.63, 3.8) is 0 Å². The molecule has 1 heterocycles. The van der Waals surface area contributed by atoms with Gasteiger partial charge in [0.1, 0.15) is 16.5 Å². The van der Waals surface area contributed by atoms with Gasteiger partial charge in [-0.15, -0.1) is 0 Å². The van der Waals surface area contributed by atoms with Crippen LogP contribution in [0.3, 0.4) is 0 Å². The van der Waals surface area contributed by atoms with E-state index >= 15 is 0 Å². The minimum absolute atomic E-state index is 0.0144. The van der Waals surface area contributed by atoms with Gasteiger partial charge in [-0.05, 0) is 36.8 Å². The predicted octanol–water partition coefficient (Wildman–Crippen LogP) is 2.13. The van der Waals surface area contributed by atoms with Gasteiger partial charge in [-0.1, -0.05) is 12.1 Å². The Balaban J connectivity index is 2.19. The van der Waals surface area contributed by atoms with Crippen molar-refractivity contribution in [1.82, 2.24) is 9.71 Å². The van der Waals surface area contributed by atoms with Crippen LogP contribution in [-0.4, -0.2) is 19.9 Å². The second kappa shape index (κ2) is 6.64. The van der Waals surface area contributed by atoms with Crippen molar-refractivity contribution >= 4 is 15.8 Å². The summed E-state index contributed by atoms with van der Waals surface area (Å²) in [5, 5.41) is 2.90. The lowest BCUT2D eigenvalue weighted by Gasteiger charge is -2.11. The van der Waals surface area contributed by atoms with Crippen LogP contribution < -0.4 is 10.0 Å². The average molecular weight is 309 g/mol. The molecule has 0 atom stereocenters. The zero-order valence-electron chi connectivity index (χ0n) is 11.5. The Morgan fingerprint density at radius 1 is 1.24 bits per heavy atom. The van der Waals surface area contributed by atoms with Gasteiger partial charge >= 0.3 is 0 Å². The lowest BCUT2D eigenvalue weighted by molar-refractivity contribution is 0.580. The number of halogens is 1. The Bertz CT molecular complexity index is 720. The quantitative estimate of drug-likeness (QED) is 0.857. The number of nitrogens with zero attached hydrogens (tertiary/aromatic N) is 1. The van der Waals surface area contributed by atoms with E-state index < -0.39 is 15.8 Å². The number of nitrogens with one attached hydrogen (secondary N) is 2. The summed E-state index contributed by atoms with van der Waals surface area (Å²) in [7, 11) is -3.72. The minimum atomic E-state index is -3.72. The molecule has 0 fully saturated rings. The normalized spacial score (nSPS) is 11.3. The molecule has 2 aromatic rings. The molecule has 7 heteroatoms. The number of sulfonamides is 1. The van der Waals surface area contributed by atoms with Crippen LogP contribution in [0.4, 0.5) is 10.2 Å². The molecule has 2 N–H and O–H groups in total. The lowest BCUT2D eigenvalue weighted by Crippen LogP contribution is -2.24. The molecule has 0 bridgehead atoms. The fourth-order valence-corrected chi connectivity index (χ4v) is 2.96. The van der Waals surface area contributed by atoms with Crippen LogP contribution in [0.1, 0.15) is 12.5 Å². The Labute approximate surface area is 123 Å². The molecule has 0 saturated carbocycles. The molecule has 2 rings (SSSR count). The van der Waals surface area contributed by atoms with Crippen molar-refractivity contribution in [3.8, 4) is 0 Å². The number of benzene rings is 1. The molecule has 1 aromatic heterocycles. The summed E-state index contributed by atoms with van der Waals surface area (Å²) in [5.74, 6) is -0.104. The van der Waals surface area contributed by atoms with E-state index in [0.29, 0.717) is 17.9 Å². The SMILES string of the molecule is CCNc1ncccc1S(=O)(=O)NCc1cccc(F)c1. The number of aromatic nitrogens is 1. The van der Waals surface area contributed by atoms with Gasteiger partial charge in [0, 0.05) is 19.3 Å². The van der Waals surface area contributed by atoms with Crippen molar-refractivity contribution in [2.24, 2.45) is 0 Å². The van der Waals surface area contributed by atoms with Gasteiger partial charge in [-0.25, -0.2) is 22.5 Å². The maximum atomic E-state index is 13.1. The van der Waals surface area contributed by atoms with Crippen LogP contribution in [0.5, 0.6) is 0 Å². The first-order valence-corrected chi connectivity index (χ1v) is 7.94. The Morgan fingerprint density at radius 3 is 2.76 bits per heavy atom. The van der Waals surface area contributed by atoms with Gasteiger partial charge in [0.15, 0.2) is 0 Å². The molecule has 0 aliphatic heterocycles. The van der Waals surface area contributed by atoms with E-state index in [9.17, 15) is 12.8 Å². The van der Waals surface area contributed by atoms with Gasteiger partial charge in [-0.3, -0.25) is 0 Å². The Kier molecular flexibility index (Phi) is 4.87. The molecule has 0 saturated heterocycles. The molecule has 21 heavy (non-hydrogen) atoms. The first-order valence-electron chi connectivity index (χ1n) is 6.46. The molecule has 0 unspecified atom stereocenters. The molecule has 0 amide bonds. The third-order valence-corrected chi connectivity index (χ3v) is 4.19. The standard InChI is InChI=1S/C14H16FN3O2S/c1-2-16-14-13(7-4-8-17-14)21(19,20)18-10-11-5-3-6-12(15)9-11/h3-9,18H,2,10H2,1H3,(H,16,17). The lowest BCUT2D eigenvalue weighted by atomic mass is 10.2. The molecule has 1 aromatic carbocycles. The van der Waals surface area contributed by atoms with Crippen LogP contribution in [0.25, 0.3) is 0 Å². The second-order valence-electron chi connectivity index (χ2n) is 4.33. The monoisotopic (exact) mass is 309 g/mol. The summed E-state index contributed by atoms with van der Waals surface area (Å²) in [6, 6.07) is 8.81. The van der Waals surface area contributed by atoms with Crippen molar-refractivity contribution in [1.29, 1.82) is 0 Å². The highest BCUT2D eigenvalue weighted by molar-refractivity contribution is 7.89. The zero-order chi connectivity index (χ0) is 15.3. The third-order valence-electron chi connectivity index (χ3n) is 2.76. The molecule has 5 nitrogen and oxygen atoms in total. The average Bonchev–Trinajstić information content (AvgIpc) is 2.46. The molecule has 0 radical (unpaired) electrons. The molecule has 0 aliphatic carbocycles. The third kappa shape index (κ3) is 3.99.